The van der Waals surface area contributed by atoms with Crippen molar-refractivity contribution >= 4 is 7.32 Å². The largest absolute Gasteiger partial charge is 0.907 e. The van der Waals surface area contributed by atoms with Gasteiger partial charge in [0.25, 0.3) is 0 Å². The molecule has 10 heavy (non-hydrogen) atoms. The average molecular weight is 190 g/mol. The summed E-state index contributed by atoms with van der Waals surface area (Å²) in [5.74, 6) is 0. The zero-order valence-electron chi connectivity index (χ0n) is 4.78. The van der Waals surface area contributed by atoms with Crippen molar-refractivity contribution in [3.63, 3.8) is 0 Å². The number of nitrogens with zero attached hydrogens (tertiary/aromatic N) is 1. The minimum Gasteiger partial charge on any atom is -0.907 e. The van der Waals surface area contributed by atoms with Crippen LogP contribution in [-0.2, 0) is 17.1 Å². The molecule has 1 heterocycles. The second kappa shape index (κ2) is 8.67. The van der Waals surface area contributed by atoms with Gasteiger partial charge >= 0.3 is 0 Å². The second-order valence-corrected chi connectivity index (χ2v) is 1.06. The van der Waals surface area contributed by atoms with Crippen molar-refractivity contribution in [1.82, 2.24) is 10.2 Å². The Kier molecular flexibility index (Phi) is 10.7. The van der Waals surface area contributed by atoms with E-state index in [0.29, 0.717) is 0 Å². The maximum atomic E-state index is 8.42. The third-order valence-electron chi connectivity index (χ3n) is 0.406. The van der Waals surface area contributed by atoms with E-state index in [1.807, 2.05) is 6.07 Å². The summed E-state index contributed by atoms with van der Waals surface area (Å²) in [6, 6.07) is 1.83. The standard InChI is InChI=1S/C3H4N2.BO3.Cu/c1-2-4-5-3-1;2-1(3)4;/h1-3H,(H,4,5);;/q;-3;. The molecule has 0 amide bonds. The monoisotopic (exact) mass is 190 g/mol. The van der Waals surface area contributed by atoms with Crippen LogP contribution in [0.25, 0.3) is 0 Å². The van der Waals surface area contributed by atoms with E-state index in [4.69, 9.17) is 15.1 Å². The zero-order chi connectivity index (χ0) is 7.11. The van der Waals surface area contributed by atoms with Gasteiger partial charge in [-0.3, -0.25) is 12.4 Å². The summed E-state index contributed by atoms with van der Waals surface area (Å²) >= 11 is 0. The third-order valence-corrected chi connectivity index (χ3v) is 0.406. The summed E-state index contributed by atoms with van der Waals surface area (Å²) in [5, 5.41) is 31.5. The molecule has 0 saturated heterocycles. The van der Waals surface area contributed by atoms with Gasteiger partial charge in [-0.1, -0.05) is 0 Å². The van der Waals surface area contributed by atoms with Crippen LogP contribution in [-0.4, -0.2) is 17.5 Å². The van der Waals surface area contributed by atoms with Crippen LogP contribution in [0.3, 0.4) is 0 Å². The molecule has 1 aromatic rings. The summed E-state index contributed by atoms with van der Waals surface area (Å²) in [6.07, 6.45) is 3.46. The van der Waals surface area contributed by atoms with Crippen molar-refractivity contribution in [3.8, 4) is 0 Å². The molecule has 1 N–H and O–H groups in total. The minimum atomic E-state index is -2.92. The molecule has 0 spiro atoms. The molecule has 0 unspecified atom stereocenters. The Morgan fingerprint density at radius 2 is 1.80 bits per heavy atom. The summed E-state index contributed by atoms with van der Waals surface area (Å²) in [7, 11) is -2.92. The maximum Gasteiger partial charge on any atom is 0.0487 e. The summed E-state index contributed by atoms with van der Waals surface area (Å²) in [5.41, 5.74) is 0. The van der Waals surface area contributed by atoms with Gasteiger partial charge in [0.15, 0.2) is 0 Å². The topological polar surface area (TPSA) is 97.9 Å². The Bertz CT molecular complexity index is 105. The van der Waals surface area contributed by atoms with Gasteiger partial charge in [-0.15, -0.1) is 0 Å². The van der Waals surface area contributed by atoms with Gasteiger partial charge in [-0.25, -0.2) is 0 Å². The van der Waals surface area contributed by atoms with Crippen molar-refractivity contribution in [2.45, 2.75) is 0 Å². The molecule has 7 heteroatoms. The Morgan fingerprint density at radius 3 is 1.90 bits per heavy atom. The van der Waals surface area contributed by atoms with Crippen LogP contribution in [0.4, 0.5) is 0 Å². The van der Waals surface area contributed by atoms with Crippen molar-refractivity contribution in [2.24, 2.45) is 0 Å². The molecule has 5 nitrogen and oxygen atoms in total. The van der Waals surface area contributed by atoms with Crippen LogP contribution in [0.15, 0.2) is 18.5 Å². The fourth-order valence-electron chi connectivity index (χ4n) is 0.215. The predicted molar refractivity (Wildman–Crippen MR) is 24.3 cm³/mol. The van der Waals surface area contributed by atoms with Gasteiger partial charge in [-0.2, -0.15) is 5.10 Å². The first-order valence-corrected chi connectivity index (χ1v) is 2.14. The van der Waals surface area contributed by atoms with E-state index in [1.165, 1.54) is 0 Å². The first-order valence-electron chi connectivity index (χ1n) is 2.14. The molecular formula is C3H4BCuN2O3-3. The zero-order valence-corrected chi connectivity index (χ0v) is 5.72. The molecule has 0 aliphatic rings. The van der Waals surface area contributed by atoms with Crippen LogP contribution in [0, 0.1) is 0 Å². The van der Waals surface area contributed by atoms with Crippen molar-refractivity contribution in [3.05, 3.63) is 18.5 Å². The molecule has 0 aliphatic carbocycles. The summed E-state index contributed by atoms with van der Waals surface area (Å²) in [6.45, 7) is 0. The molecule has 1 radical (unpaired) electrons. The van der Waals surface area contributed by atoms with Crippen molar-refractivity contribution in [2.75, 3.05) is 0 Å². The summed E-state index contributed by atoms with van der Waals surface area (Å²) in [4.78, 5) is 0. The van der Waals surface area contributed by atoms with Crippen molar-refractivity contribution < 1.29 is 32.1 Å². The third kappa shape index (κ3) is 15.6. The Morgan fingerprint density at radius 1 is 1.30 bits per heavy atom. The number of nitrogens with one attached hydrogen (secondary N) is 1. The molecule has 61 valence electrons. The van der Waals surface area contributed by atoms with E-state index < -0.39 is 7.32 Å². The maximum absolute atomic E-state index is 8.42. The molecule has 0 aliphatic heterocycles. The Labute approximate surface area is 68.7 Å². The number of hydrogen-bond donors (Lipinski definition) is 1. The quantitative estimate of drug-likeness (QED) is 0.429. The average Bonchev–Trinajstić information content (AvgIpc) is 2.11. The molecule has 1 aromatic heterocycles. The van der Waals surface area contributed by atoms with Crippen LogP contribution in [0.1, 0.15) is 0 Å². The van der Waals surface area contributed by atoms with Gasteiger partial charge in [-0.05, 0) is 6.07 Å². The van der Waals surface area contributed by atoms with E-state index in [0.717, 1.165) is 0 Å². The normalized spacial score (nSPS) is 6.70. The molecular weight excluding hydrogens is 186 g/mol. The van der Waals surface area contributed by atoms with Crippen LogP contribution >= 0.6 is 0 Å². The van der Waals surface area contributed by atoms with Crippen molar-refractivity contribution in [1.29, 1.82) is 0 Å². The van der Waals surface area contributed by atoms with Crippen LogP contribution < -0.4 is 15.1 Å². The SMILES string of the molecule is [Cu].[O-]B([O-])[O-].c1cn[nH]c1. The number of aromatic amines is 1. The molecule has 1 rings (SSSR count). The first-order chi connectivity index (χ1) is 4.23. The molecule has 0 fully saturated rings. The Balaban J connectivity index is 0. The first kappa shape index (κ1) is 12.4. The van der Waals surface area contributed by atoms with E-state index >= 15 is 0 Å². The fraction of sp³-hybridized carbons (Fsp3) is 0. The van der Waals surface area contributed by atoms with Gasteiger partial charge in [0.05, 0.1) is 0 Å². The number of H-pyrrole nitrogens is 1. The summed E-state index contributed by atoms with van der Waals surface area (Å²) < 4.78 is 0. The smallest absolute Gasteiger partial charge is 0.0487 e. The number of aromatic nitrogens is 2. The van der Waals surface area contributed by atoms with Gasteiger partial charge < -0.3 is 15.1 Å². The second-order valence-electron chi connectivity index (χ2n) is 1.06. The number of hydrogen-bond acceptors (Lipinski definition) is 4. The number of rotatable bonds is 0. The van der Waals surface area contributed by atoms with E-state index in [9.17, 15) is 0 Å². The molecule has 0 saturated carbocycles. The predicted octanol–water partition coefficient (Wildman–Crippen LogP) is -3.54. The van der Waals surface area contributed by atoms with Gasteiger partial charge in [0.2, 0.25) is 0 Å². The van der Waals surface area contributed by atoms with E-state index in [2.05, 4.69) is 10.2 Å². The molecule has 0 bridgehead atoms. The van der Waals surface area contributed by atoms with Gasteiger partial charge in [0, 0.05) is 29.5 Å². The Hall–Kier alpha value is -0.326. The van der Waals surface area contributed by atoms with E-state index in [1.54, 1.807) is 12.4 Å². The molecule has 0 aromatic carbocycles. The fourth-order valence-corrected chi connectivity index (χ4v) is 0.215. The van der Waals surface area contributed by atoms with Gasteiger partial charge in [0.1, 0.15) is 0 Å². The molecule has 0 atom stereocenters. The van der Waals surface area contributed by atoms with Crippen LogP contribution in [0.5, 0.6) is 0 Å². The van der Waals surface area contributed by atoms with Crippen LogP contribution in [0.2, 0.25) is 0 Å². The minimum absolute atomic E-state index is 0. The van der Waals surface area contributed by atoms with E-state index in [-0.39, 0.29) is 17.1 Å².